The van der Waals surface area contributed by atoms with Crippen LogP contribution < -0.4 is 10.6 Å². The summed E-state index contributed by atoms with van der Waals surface area (Å²) >= 11 is 0. The van der Waals surface area contributed by atoms with Gasteiger partial charge in [0, 0.05) is 32.1 Å². The van der Waals surface area contributed by atoms with Crippen LogP contribution in [0.5, 0.6) is 0 Å². The molecule has 1 aliphatic heterocycles. The minimum absolute atomic E-state index is 0.0403. The normalized spacial score (nSPS) is 21.3. The van der Waals surface area contributed by atoms with Crippen molar-refractivity contribution < 1.29 is 19.5 Å². The quantitative estimate of drug-likeness (QED) is 0.656. The van der Waals surface area contributed by atoms with E-state index in [1.165, 1.54) is 0 Å². The molecule has 1 atom stereocenters. The number of carboxylic acids is 1. The molecule has 7 nitrogen and oxygen atoms in total. The molecule has 1 aliphatic carbocycles. The summed E-state index contributed by atoms with van der Waals surface area (Å²) in [5.41, 5.74) is 0. The lowest BCUT2D eigenvalue weighted by atomic mass is 10.1. The second-order valence-electron chi connectivity index (χ2n) is 5.08. The van der Waals surface area contributed by atoms with E-state index in [9.17, 15) is 14.4 Å². The van der Waals surface area contributed by atoms with Crippen molar-refractivity contribution in [3.63, 3.8) is 0 Å². The molecule has 1 heterocycles. The van der Waals surface area contributed by atoms with Crippen LogP contribution in [0.2, 0.25) is 0 Å². The molecule has 2 fully saturated rings. The van der Waals surface area contributed by atoms with Crippen LogP contribution in [0, 0.1) is 5.92 Å². The number of aliphatic carboxylic acids is 1. The lowest BCUT2D eigenvalue weighted by molar-refractivity contribution is -0.137. The van der Waals surface area contributed by atoms with Gasteiger partial charge in [0.2, 0.25) is 5.91 Å². The van der Waals surface area contributed by atoms with Crippen LogP contribution in [-0.2, 0) is 9.59 Å². The molecule has 2 rings (SSSR count). The van der Waals surface area contributed by atoms with Crippen molar-refractivity contribution in [2.45, 2.75) is 31.7 Å². The average molecular weight is 269 g/mol. The topological polar surface area (TPSA) is 98.7 Å². The third-order valence-electron chi connectivity index (χ3n) is 3.49. The Kier molecular flexibility index (Phi) is 4.24. The lowest BCUT2D eigenvalue weighted by Gasteiger charge is -2.24. The van der Waals surface area contributed by atoms with Crippen molar-refractivity contribution in [3.8, 4) is 0 Å². The standard InChI is InChI=1S/C12H19N3O4/c16-10-3-5-15(6-4-13-10)12(19)14-9(7-11(17)18)8-1-2-8/h8-9H,1-7H2,(H,13,16)(H,14,19)(H,17,18). The third-order valence-corrected chi connectivity index (χ3v) is 3.49. The number of amides is 3. The highest BCUT2D eigenvalue weighted by molar-refractivity contribution is 5.79. The van der Waals surface area contributed by atoms with Gasteiger partial charge in [0.1, 0.15) is 0 Å². The number of carbonyl (C=O) groups is 3. The molecule has 1 saturated heterocycles. The van der Waals surface area contributed by atoms with E-state index >= 15 is 0 Å². The second kappa shape index (κ2) is 5.90. The van der Waals surface area contributed by atoms with Crippen LogP contribution in [-0.4, -0.2) is 53.6 Å². The molecule has 1 saturated carbocycles. The zero-order valence-electron chi connectivity index (χ0n) is 10.7. The van der Waals surface area contributed by atoms with Crippen molar-refractivity contribution in [2.24, 2.45) is 5.92 Å². The van der Waals surface area contributed by atoms with Crippen LogP contribution in [0.15, 0.2) is 0 Å². The maximum absolute atomic E-state index is 12.1. The number of urea groups is 1. The van der Waals surface area contributed by atoms with Crippen LogP contribution in [0.4, 0.5) is 4.79 Å². The van der Waals surface area contributed by atoms with E-state index in [0.717, 1.165) is 12.8 Å². The molecular formula is C12H19N3O4. The van der Waals surface area contributed by atoms with Crippen LogP contribution in [0.3, 0.4) is 0 Å². The second-order valence-corrected chi connectivity index (χ2v) is 5.08. The Morgan fingerprint density at radius 2 is 2.16 bits per heavy atom. The fourth-order valence-corrected chi connectivity index (χ4v) is 2.24. The first-order valence-corrected chi connectivity index (χ1v) is 6.60. The summed E-state index contributed by atoms with van der Waals surface area (Å²) < 4.78 is 0. The molecular weight excluding hydrogens is 250 g/mol. The Hall–Kier alpha value is -1.79. The zero-order chi connectivity index (χ0) is 13.8. The fraction of sp³-hybridized carbons (Fsp3) is 0.750. The summed E-state index contributed by atoms with van der Waals surface area (Å²) in [5.74, 6) is -0.670. The van der Waals surface area contributed by atoms with Crippen LogP contribution in [0.1, 0.15) is 25.7 Å². The van der Waals surface area contributed by atoms with E-state index in [0.29, 0.717) is 26.1 Å². The molecule has 0 aromatic carbocycles. The Bertz CT molecular complexity index is 381. The van der Waals surface area contributed by atoms with E-state index < -0.39 is 5.97 Å². The molecule has 7 heteroatoms. The average Bonchev–Trinajstić information content (AvgIpc) is 3.14. The number of carboxylic acid groups (broad SMARTS) is 1. The van der Waals surface area contributed by atoms with Gasteiger partial charge >= 0.3 is 12.0 Å². The minimum atomic E-state index is -0.898. The maximum atomic E-state index is 12.1. The summed E-state index contributed by atoms with van der Waals surface area (Å²) in [6, 6.07) is -0.563. The summed E-state index contributed by atoms with van der Waals surface area (Å²) in [7, 11) is 0. The molecule has 0 bridgehead atoms. The van der Waals surface area contributed by atoms with Crippen molar-refractivity contribution in [2.75, 3.05) is 19.6 Å². The zero-order valence-corrected chi connectivity index (χ0v) is 10.7. The molecule has 106 valence electrons. The Balaban J connectivity index is 1.87. The van der Waals surface area contributed by atoms with Crippen LogP contribution in [0.25, 0.3) is 0 Å². The summed E-state index contributed by atoms with van der Waals surface area (Å²) in [5, 5.41) is 14.3. The highest BCUT2D eigenvalue weighted by Gasteiger charge is 2.34. The van der Waals surface area contributed by atoms with Gasteiger partial charge < -0.3 is 20.6 Å². The molecule has 2 aliphatic rings. The van der Waals surface area contributed by atoms with Gasteiger partial charge in [-0.05, 0) is 18.8 Å². The molecule has 0 aromatic heterocycles. The Labute approximate surface area is 111 Å². The molecule has 0 radical (unpaired) electrons. The number of nitrogens with zero attached hydrogens (tertiary/aromatic N) is 1. The smallest absolute Gasteiger partial charge is 0.317 e. The van der Waals surface area contributed by atoms with Gasteiger partial charge in [-0.1, -0.05) is 0 Å². The largest absolute Gasteiger partial charge is 0.481 e. The Morgan fingerprint density at radius 1 is 1.42 bits per heavy atom. The van der Waals surface area contributed by atoms with Crippen molar-refractivity contribution in [1.82, 2.24) is 15.5 Å². The van der Waals surface area contributed by atoms with Crippen LogP contribution >= 0.6 is 0 Å². The molecule has 0 spiro atoms. The lowest BCUT2D eigenvalue weighted by Crippen LogP contribution is -2.47. The minimum Gasteiger partial charge on any atom is -0.481 e. The molecule has 3 N–H and O–H groups in total. The Morgan fingerprint density at radius 3 is 2.79 bits per heavy atom. The van der Waals surface area contributed by atoms with E-state index in [-0.39, 0.29) is 30.3 Å². The SMILES string of the molecule is O=C(O)CC(NC(=O)N1CCNC(=O)CC1)C1CC1. The van der Waals surface area contributed by atoms with Gasteiger partial charge in [0.15, 0.2) is 0 Å². The molecule has 1 unspecified atom stereocenters. The van der Waals surface area contributed by atoms with E-state index in [4.69, 9.17) is 5.11 Å². The van der Waals surface area contributed by atoms with Crippen molar-refractivity contribution in [3.05, 3.63) is 0 Å². The van der Waals surface area contributed by atoms with E-state index in [2.05, 4.69) is 10.6 Å². The maximum Gasteiger partial charge on any atom is 0.317 e. The number of nitrogens with one attached hydrogen (secondary N) is 2. The highest BCUT2D eigenvalue weighted by Crippen LogP contribution is 2.34. The van der Waals surface area contributed by atoms with Gasteiger partial charge in [-0.15, -0.1) is 0 Å². The number of carbonyl (C=O) groups excluding carboxylic acids is 2. The van der Waals surface area contributed by atoms with Gasteiger partial charge in [0.05, 0.1) is 6.42 Å². The number of hydrogen-bond donors (Lipinski definition) is 3. The number of hydrogen-bond acceptors (Lipinski definition) is 3. The van der Waals surface area contributed by atoms with Crippen molar-refractivity contribution in [1.29, 1.82) is 0 Å². The van der Waals surface area contributed by atoms with E-state index in [1.54, 1.807) is 4.90 Å². The van der Waals surface area contributed by atoms with Crippen molar-refractivity contribution >= 4 is 17.9 Å². The first-order chi connectivity index (χ1) is 9.06. The number of rotatable bonds is 4. The molecule has 0 aromatic rings. The van der Waals surface area contributed by atoms with E-state index in [1.807, 2.05) is 0 Å². The first kappa shape index (κ1) is 13.6. The summed E-state index contributed by atoms with van der Waals surface area (Å²) in [6.07, 6.45) is 2.19. The van der Waals surface area contributed by atoms with Gasteiger partial charge in [0.25, 0.3) is 0 Å². The first-order valence-electron chi connectivity index (χ1n) is 6.60. The summed E-state index contributed by atoms with van der Waals surface area (Å²) in [6.45, 7) is 1.28. The van der Waals surface area contributed by atoms with Gasteiger partial charge in [-0.3, -0.25) is 9.59 Å². The van der Waals surface area contributed by atoms with Gasteiger partial charge in [-0.25, -0.2) is 4.79 Å². The highest BCUT2D eigenvalue weighted by atomic mass is 16.4. The predicted molar refractivity (Wildman–Crippen MR) is 66.5 cm³/mol. The monoisotopic (exact) mass is 269 g/mol. The molecule has 3 amide bonds. The predicted octanol–water partition coefficient (Wildman–Crippen LogP) is -0.229. The van der Waals surface area contributed by atoms with Gasteiger partial charge in [-0.2, -0.15) is 0 Å². The fourth-order valence-electron chi connectivity index (χ4n) is 2.24. The summed E-state index contributed by atoms with van der Waals surface area (Å²) in [4.78, 5) is 35.6. The third kappa shape index (κ3) is 4.11. The molecule has 19 heavy (non-hydrogen) atoms.